The quantitative estimate of drug-likeness (QED) is 0.129. The lowest BCUT2D eigenvalue weighted by atomic mass is 10.0. The van der Waals surface area contributed by atoms with Crippen molar-refractivity contribution in [1.29, 1.82) is 0 Å². The highest BCUT2D eigenvalue weighted by molar-refractivity contribution is 7.51. The van der Waals surface area contributed by atoms with Gasteiger partial charge in [0.2, 0.25) is 0 Å². The van der Waals surface area contributed by atoms with Crippen LogP contribution in [0.4, 0.5) is 79.0 Å². The minimum absolute atomic E-state index is 0.439. The molecular weight excluding hydrogens is 651 g/mol. The van der Waals surface area contributed by atoms with Crippen molar-refractivity contribution >= 4 is 7.75 Å². The molecule has 0 N–H and O–H groups in total. The lowest BCUT2D eigenvalue weighted by Gasteiger charge is -2.37. The predicted molar refractivity (Wildman–Crippen MR) is 103 cm³/mol. The summed E-state index contributed by atoms with van der Waals surface area (Å²) >= 11 is 0. The zero-order valence-corrected chi connectivity index (χ0v) is 21.8. The van der Waals surface area contributed by atoms with E-state index in [1.54, 1.807) is 0 Å². The molecule has 41 heavy (non-hydrogen) atoms. The molecule has 0 saturated carbocycles. The molecule has 0 amide bonds. The molecule has 0 bridgehead atoms. The SMILES string of the molecule is CC(C)N(C(C)C)P(=O)(OCCC(F)(F)C(F)(F)C(F)(F)C(F)(F)F)OCCC(F)(F)C(F)(F)C(F)(F)C(F)(F)F. The van der Waals surface area contributed by atoms with Crippen molar-refractivity contribution < 1.29 is 92.6 Å². The average Bonchev–Trinajstić information content (AvgIpc) is 2.70. The monoisotopic (exact) mass is 673 g/mol. The fraction of sp³-hybridized carbons (Fsp3) is 1.00. The minimum atomic E-state index is -7.30. The number of halogens is 18. The molecule has 0 aromatic rings. The first-order chi connectivity index (χ1) is 17.7. The Labute approximate surface area is 219 Å². The van der Waals surface area contributed by atoms with Gasteiger partial charge in [-0.1, -0.05) is 0 Å². The predicted octanol–water partition coefficient (Wildman–Crippen LogP) is 8.96. The molecule has 23 heteroatoms. The Bertz CT molecular complexity index is 847. The van der Waals surface area contributed by atoms with Gasteiger partial charge in [0.05, 0.1) is 13.2 Å². The molecule has 0 aromatic carbocycles. The summed E-state index contributed by atoms with van der Waals surface area (Å²) < 4.78 is 256. The summed E-state index contributed by atoms with van der Waals surface area (Å²) in [4.78, 5) is 0. The van der Waals surface area contributed by atoms with Crippen molar-refractivity contribution in [2.45, 2.75) is 101 Å². The second-order valence-electron chi connectivity index (χ2n) is 8.90. The third-order valence-corrected chi connectivity index (χ3v) is 7.61. The molecular formula is C18H22F18NO3P. The third-order valence-electron chi connectivity index (χ3n) is 5.10. The minimum Gasteiger partial charge on any atom is -0.296 e. The lowest BCUT2D eigenvalue weighted by molar-refractivity contribution is -0.397. The number of alkyl halides is 18. The molecule has 0 aliphatic rings. The Morgan fingerprint density at radius 1 is 0.512 bits per heavy atom. The van der Waals surface area contributed by atoms with E-state index >= 15 is 0 Å². The van der Waals surface area contributed by atoms with Crippen LogP contribution in [0.3, 0.4) is 0 Å². The largest absolute Gasteiger partial charge is 0.460 e. The number of hydrogen-bond donors (Lipinski definition) is 0. The van der Waals surface area contributed by atoms with Crippen LogP contribution in [0.25, 0.3) is 0 Å². The summed E-state index contributed by atoms with van der Waals surface area (Å²) in [6, 6.07) is -2.34. The summed E-state index contributed by atoms with van der Waals surface area (Å²) in [5.74, 6) is -41.4. The zero-order valence-electron chi connectivity index (χ0n) is 20.9. The van der Waals surface area contributed by atoms with Crippen LogP contribution in [0, 0.1) is 0 Å². The van der Waals surface area contributed by atoms with Crippen LogP contribution in [-0.4, -0.2) is 77.9 Å². The normalized spacial score (nSPS) is 15.9. The second kappa shape index (κ2) is 12.1. The maximum absolute atomic E-state index is 13.8. The Kier molecular flexibility index (Phi) is 11.8. The van der Waals surface area contributed by atoms with Gasteiger partial charge in [0, 0.05) is 24.9 Å². The Balaban J connectivity index is 6.08. The summed E-state index contributed by atoms with van der Waals surface area (Å²) in [5.41, 5.74) is 0. The van der Waals surface area contributed by atoms with E-state index in [0.717, 1.165) is 27.7 Å². The molecule has 0 heterocycles. The van der Waals surface area contributed by atoms with E-state index in [1.165, 1.54) is 0 Å². The molecule has 4 nitrogen and oxygen atoms in total. The van der Waals surface area contributed by atoms with Crippen molar-refractivity contribution in [3.63, 3.8) is 0 Å². The van der Waals surface area contributed by atoms with Gasteiger partial charge in [-0.05, 0) is 27.7 Å². The third kappa shape index (κ3) is 7.69. The van der Waals surface area contributed by atoms with Crippen molar-refractivity contribution in [1.82, 2.24) is 4.67 Å². The number of hydrogen-bond acceptors (Lipinski definition) is 3. The maximum Gasteiger partial charge on any atom is 0.460 e. The van der Waals surface area contributed by atoms with E-state index in [0.29, 0.717) is 4.67 Å². The van der Waals surface area contributed by atoms with Gasteiger partial charge in [-0.15, -0.1) is 0 Å². The van der Waals surface area contributed by atoms with Crippen molar-refractivity contribution in [2.75, 3.05) is 13.2 Å². The molecule has 0 fully saturated rings. The molecule has 0 aromatic heterocycles. The van der Waals surface area contributed by atoms with Gasteiger partial charge < -0.3 is 0 Å². The molecule has 0 atom stereocenters. The molecule has 0 spiro atoms. The highest BCUT2D eigenvalue weighted by atomic mass is 31.2. The zero-order chi connectivity index (χ0) is 33.5. The first-order valence-electron chi connectivity index (χ1n) is 10.8. The first kappa shape index (κ1) is 39.8. The van der Waals surface area contributed by atoms with E-state index in [1.807, 2.05) is 0 Å². The van der Waals surface area contributed by atoms with Crippen molar-refractivity contribution in [2.24, 2.45) is 0 Å². The molecule has 0 aliphatic heterocycles. The van der Waals surface area contributed by atoms with Crippen molar-refractivity contribution in [3.05, 3.63) is 0 Å². The molecule has 0 aliphatic carbocycles. The van der Waals surface area contributed by atoms with Gasteiger partial charge in [-0.3, -0.25) is 9.05 Å². The average molecular weight is 673 g/mol. The van der Waals surface area contributed by atoms with Gasteiger partial charge in [0.25, 0.3) is 0 Å². The van der Waals surface area contributed by atoms with Gasteiger partial charge in [0.1, 0.15) is 0 Å². The van der Waals surface area contributed by atoms with E-state index in [2.05, 4.69) is 9.05 Å². The van der Waals surface area contributed by atoms with Crippen LogP contribution in [0.1, 0.15) is 40.5 Å². The van der Waals surface area contributed by atoms with Crippen LogP contribution >= 0.6 is 7.75 Å². The second-order valence-corrected chi connectivity index (χ2v) is 10.8. The standard InChI is InChI=1S/C18H22F18NO3P/c1-9(2)37(10(3)4)41(38,39-7-5-11(19,20)13(23,24)15(27,28)17(31,32)33)40-8-6-12(21,22)14(25,26)16(29,30)18(34,35)36/h9-10H,5-8H2,1-4H3. The summed E-state index contributed by atoms with van der Waals surface area (Å²) in [6.45, 7) is 0.111. The Morgan fingerprint density at radius 3 is 0.951 bits per heavy atom. The number of nitrogens with zero attached hydrogens (tertiary/aromatic N) is 1. The van der Waals surface area contributed by atoms with Gasteiger partial charge >= 0.3 is 55.6 Å². The summed E-state index contributed by atoms with van der Waals surface area (Å²) in [7, 11) is -5.51. The van der Waals surface area contributed by atoms with Crippen LogP contribution < -0.4 is 0 Å². The van der Waals surface area contributed by atoms with Gasteiger partial charge in [-0.25, -0.2) is 9.24 Å². The van der Waals surface area contributed by atoms with Crippen LogP contribution in [-0.2, 0) is 13.6 Å². The molecule has 0 rings (SSSR count). The fourth-order valence-electron chi connectivity index (χ4n) is 3.04. The van der Waals surface area contributed by atoms with E-state index in [4.69, 9.17) is 0 Å². The Hall–Kier alpha value is -1.15. The molecule has 0 unspecified atom stereocenters. The summed E-state index contributed by atoms with van der Waals surface area (Å²) in [5, 5.41) is 0. The van der Waals surface area contributed by atoms with E-state index in [9.17, 15) is 83.6 Å². The maximum atomic E-state index is 13.8. The van der Waals surface area contributed by atoms with Crippen LogP contribution in [0.5, 0.6) is 0 Å². The molecule has 0 radical (unpaired) electrons. The summed E-state index contributed by atoms with van der Waals surface area (Å²) in [6.07, 6.45) is -19.9. The van der Waals surface area contributed by atoms with Crippen LogP contribution in [0.2, 0.25) is 0 Å². The smallest absolute Gasteiger partial charge is 0.296 e. The van der Waals surface area contributed by atoms with Gasteiger partial charge in [-0.2, -0.15) is 79.0 Å². The molecule has 0 saturated heterocycles. The van der Waals surface area contributed by atoms with Crippen LogP contribution in [0.15, 0.2) is 0 Å². The highest BCUT2D eigenvalue weighted by Gasteiger charge is 2.82. The number of rotatable bonds is 15. The Morgan fingerprint density at radius 2 is 0.756 bits per heavy atom. The van der Waals surface area contributed by atoms with E-state index < -0.39 is 93.8 Å². The molecule has 248 valence electrons. The van der Waals surface area contributed by atoms with E-state index in [-0.39, 0.29) is 0 Å². The lowest BCUT2D eigenvalue weighted by Crippen LogP contribution is -2.61. The van der Waals surface area contributed by atoms with Crippen molar-refractivity contribution in [3.8, 4) is 0 Å². The van der Waals surface area contributed by atoms with Gasteiger partial charge in [0.15, 0.2) is 0 Å². The highest BCUT2D eigenvalue weighted by Crippen LogP contribution is 2.58. The fourth-order valence-corrected chi connectivity index (χ4v) is 5.16. The topological polar surface area (TPSA) is 38.8 Å². The first-order valence-corrected chi connectivity index (χ1v) is 12.3.